The Kier molecular flexibility index (Phi) is 7.04. The lowest BCUT2D eigenvalue weighted by molar-refractivity contribution is -0.119. The first-order valence-corrected chi connectivity index (χ1v) is 10.6. The van der Waals surface area contributed by atoms with Gasteiger partial charge in [-0.1, -0.05) is 17.9 Å². The lowest BCUT2D eigenvalue weighted by Gasteiger charge is -2.40. The Morgan fingerprint density at radius 1 is 1.07 bits per heavy atom. The first-order valence-electron chi connectivity index (χ1n) is 10.6. The van der Waals surface area contributed by atoms with E-state index in [1.54, 1.807) is 7.11 Å². The lowest BCUT2D eigenvalue weighted by Crippen LogP contribution is -2.43. The fourth-order valence-electron chi connectivity index (χ4n) is 3.96. The Hall–Kier alpha value is -1.54. The lowest BCUT2D eigenvalue weighted by atomic mass is 9.91. The predicted molar refractivity (Wildman–Crippen MR) is 114 cm³/mol. The third kappa shape index (κ3) is 5.98. The van der Waals surface area contributed by atoms with Crippen molar-refractivity contribution >= 4 is 5.69 Å². The largest absolute Gasteiger partial charge is 0.381 e. The second-order valence-electron chi connectivity index (χ2n) is 8.75. The quantitative estimate of drug-likeness (QED) is 0.679. The monoisotopic (exact) mass is 385 g/mol. The number of nitrogens with zero attached hydrogens (tertiary/aromatic N) is 1. The van der Waals surface area contributed by atoms with Crippen LogP contribution in [0.2, 0.25) is 0 Å². The highest BCUT2D eigenvalue weighted by molar-refractivity contribution is 5.53. The molecule has 2 aliphatic rings. The molecule has 0 aromatic heterocycles. The highest BCUT2D eigenvalue weighted by Crippen LogP contribution is 2.30. The number of hydrogen-bond donors (Lipinski definition) is 0. The Morgan fingerprint density at radius 3 is 2.43 bits per heavy atom. The van der Waals surface area contributed by atoms with Gasteiger partial charge in [-0.2, -0.15) is 0 Å². The van der Waals surface area contributed by atoms with Gasteiger partial charge in [0.05, 0.1) is 24.4 Å². The van der Waals surface area contributed by atoms with Gasteiger partial charge in [0.1, 0.15) is 5.60 Å². The third-order valence-electron chi connectivity index (χ3n) is 5.46. The maximum Gasteiger partial charge on any atom is 0.123 e. The molecule has 0 bridgehead atoms. The van der Waals surface area contributed by atoms with Crippen LogP contribution < -0.4 is 4.90 Å². The van der Waals surface area contributed by atoms with Crippen LogP contribution in [0.3, 0.4) is 0 Å². The summed E-state index contributed by atoms with van der Waals surface area (Å²) in [6, 6.07) is 8.53. The van der Waals surface area contributed by atoms with E-state index in [0.29, 0.717) is 18.3 Å². The summed E-state index contributed by atoms with van der Waals surface area (Å²) in [5.74, 6) is 6.56. The first kappa shape index (κ1) is 21.2. The third-order valence-corrected chi connectivity index (χ3v) is 5.46. The molecule has 0 spiro atoms. The van der Waals surface area contributed by atoms with Crippen molar-refractivity contribution in [3.05, 3.63) is 29.8 Å². The van der Waals surface area contributed by atoms with Gasteiger partial charge in [0.25, 0.3) is 0 Å². The molecule has 0 amide bonds. The van der Waals surface area contributed by atoms with Crippen molar-refractivity contribution in [2.75, 3.05) is 25.1 Å². The molecule has 1 aromatic carbocycles. The summed E-state index contributed by atoms with van der Waals surface area (Å²) in [4.78, 5) is 2.44. The Bertz CT molecular complexity index is 689. The summed E-state index contributed by atoms with van der Waals surface area (Å²) in [6.07, 6.45) is 5.62. The molecule has 0 radical (unpaired) electrons. The minimum absolute atomic E-state index is 0.166. The van der Waals surface area contributed by atoms with Gasteiger partial charge in [0.2, 0.25) is 0 Å². The van der Waals surface area contributed by atoms with Crippen molar-refractivity contribution in [1.29, 1.82) is 0 Å². The van der Waals surface area contributed by atoms with Crippen molar-refractivity contribution in [3.63, 3.8) is 0 Å². The molecule has 1 saturated carbocycles. The summed E-state index contributed by atoms with van der Waals surface area (Å²) < 4.78 is 17.4. The van der Waals surface area contributed by atoms with E-state index in [4.69, 9.17) is 14.2 Å². The van der Waals surface area contributed by atoms with Crippen LogP contribution in [0.25, 0.3) is 0 Å². The number of benzene rings is 1. The summed E-state index contributed by atoms with van der Waals surface area (Å²) >= 11 is 0. The number of piperidine rings is 1. The van der Waals surface area contributed by atoms with E-state index in [1.807, 2.05) is 27.7 Å². The van der Waals surface area contributed by atoms with E-state index in [2.05, 4.69) is 41.0 Å². The van der Waals surface area contributed by atoms with E-state index in [-0.39, 0.29) is 6.10 Å². The molecular formula is C24H35NO3. The zero-order valence-electron chi connectivity index (χ0n) is 18.0. The molecule has 1 aliphatic heterocycles. The van der Waals surface area contributed by atoms with E-state index in [0.717, 1.165) is 44.3 Å². The molecule has 0 atom stereocenters. The normalized spacial score (nSPS) is 23.3. The number of hydrogen-bond acceptors (Lipinski definition) is 4. The Labute approximate surface area is 170 Å². The molecule has 154 valence electrons. The highest BCUT2D eigenvalue weighted by Gasteiger charge is 2.32. The molecule has 3 rings (SSSR count). The molecule has 0 unspecified atom stereocenters. The number of rotatable bonds is 6. The second-order valence-corrected chi connectivity index (χ2v) is 8.75. The van der Waals surface area contributed by atoms with Gasteiger partial charge in [-0.15, -0.1) is 0 Å². The van der Waals surface area contributed by atoms with Crippen LogP contribution in [0, 0.1) is 11.8 Å². The van der Waals surface area contributed by atoms with Gasteiger partial charge in [-0.25, -0.2) is 0 Å². The Balaban J connectivity index is 1.52. The molecule has 2 fully saturated rings. The minimum atomic E-state index is -0.441. The molecule has 1 saturated heterocycles. The fourth-order valence-corrected chi connectivity index (χ4v) is 3.96. The van der Waals surface area contributed by atoms with Crippen LogP contribution in [-0.2, 0) is 14.2 Å². The van der Waals surface area contributed by atoms with Gasteiger partial charge < -0.3 is 19.1 Å². The van der Waals surface area contributed by atoms with Crippen LogP contribution in [0.4, 0.5) is 5.69 Å². The average molecular weight is 386 g/mol. The van der Waals surface area contributed by atoms with Crippen LogP contribution in [0.15, 0.2) is 24.3 Å². The molecule has 1 aliphatic carbocycles. The van der Waals surface area contributed by atoms with Gasteiger partial charge in [-0.05, 0) is 71.6 Å². The van der Waals surface area contributed by atoms with Crippen LogP contribution in [0.1, 0.15) is 58.9 Å². The molecule has 1 heterocycles. The number of anilines is 1. The standard InChI is InChI=1S/C24H35NO3/c1-18(2)28-24(3,4)12-9-19-7-6-8-20(15-19)25-13-10-21(11-14-25)27-23-16-22(17-23)26-5/h6-8,15,18,21-23H,10-11,13-14,16-17H2,1-5H3. The maximum absolute atomic E-state index is 6.23. The van der Waals surface area contributed by atoms with Gasteiger partial charge in [0, 0.05) is 31.5 Å². The van der Waals surface area contributed by atoms with Crippen molar-refractivity contribution in [3.8, 4) is 11.8 Å². The van der Waals surface area contributed by atoms with Crippen molar-refractivity contribution in [2.45, 2.75) is 83.4 Å². The summed E-state index contributed by atoms with van der Waals surface area (Å²) in [5.41, 5.74) is 1.84. The molecular weight excluding hydrogens is 350 g/mol. The van der Waals surface area contributed by atoms with E-state index in [1.165, 1.54) is 5.69 Å². The molecule has 4 nitrogen and oxygen atoms in total. The number of ether oxygens (including phenoxy) is 3. The highest BCUT2D eigenvalue weighted by atomic mass is 16.5. The van der Waals surface area contributed by atoms with Crippen LogP contribution >= 0.6 is 0 Å². The van der Waals surface area contributed by atoms with Gasteiger partial charge in [0.15, 0.2) is 0 Å². The molecule has 28 heavy (non-hydrogen) atoms. The Morgan fingerprint density at radius 2 is 1.79 bits per heavy atom. The molecule has 1 aromatic rings. The van der Waals surface area contributed by atoms with Gasteiger partial charge >= 0.3 is 0 Å². The molecule has 4 heteroatoms. The smallest absolute Gasteiger partial charge is 0.123 e. The van der Waals surface area contributed by atoms with Crippen molar-refractivity contribution < 1.29 is 14.2 Å². The van der Waals surface area contributed by atoms with Crippen molar-refractivity contribution in [1.82, 2.24) is 0 Å². The van der Waals surface area contributed by atoms with Crippen molar-refractivity contribution in [2.24, 2.45) is 0 Å². The predicted octanol–water partition coefficient (Wildman–Crippen LogP) is 4.40. The SMILES string of the molecule is COC1CC(OC2CCN(c3cccc(C#CC(C)(C)OC(C)C)c3)CC2)C1. The zero-order chi connectivity index (χ0) is 20.1. The zero-order valence-corrected chi connectivity index (χ0v) is 18.0. The maximum atomic E-state index is 6.23. The van der Waals surface area contributed by atoms with Gasteiger partial charge in [-0.3, -0.25) is 0 Å². The second kappa shape index (κ2) is 9.31. The summed E-state index contributed by atoms with van der Waals surface area (Å²) in [5, 5.41) is 0. The summed E-state index contributed by atoms with van der Waals surface area (Å²) in [7, 11) is 1.79. The van der Waals surface area contributed by atoms with E-state index in [9.17, 15) is 0 Å². The fraction of sp³-hybridized carbons (Fsp3) is 0.667. The van der Waals surface area contributed by atoms with E-state index < -0.39 is 5.60 Å². The van der Waals surface area contributed by atoms with E-state index >= 15 is 0 Å². The van der Waals surface area contributed by atoms with Crippen LogP contribution in [0.5, 0.6) is 0 Å². The topological polar surface area (TPSA) is 30.9 Å². The minimum Gasteiger partial charge on any atom is -0.381 e. The summed E-state index contributed by atoms with van der Waals surface area (Å²) in [6.45, 7) is 10.2. The molecule has 0 N–H and O–H groups in total. The average Bonchev–Trinajstić information content (AvgIpc) is 2.62. The van der Waals surface area contributed by atoms with Crippen LogP contribution in [-0.4, -0.2) is 50.2 Å². The first-order chi connectivity index (χ1) is 13.3. The number of methoxy groups -OCH3 is 1.